The van der Waals surface area contributed by atoms with Gasteiger partial charge in [0.15, 0.2) is 11.8 Å². The summed E-state index contributed by atoms with van der Waals surface area (Å²) in [5.41, 5.74) is 4.91. The zero-order chi connectivity index (χ0) is 36.4. The summed E-state index contributed by atoms with van der Waals surface area (Å²) in [6.45, 7) is 23.0. The van der Waals surface area contributed by atoms with Gasteiger partial charge in [-0.1, -0.05) is 35.9 Å². The maximum Gasteiger partial charge on any atom is 0.337 e. The topological polar surface area (TPSA) is 98.4 Å². The number of aryl methyl sites for hydroxylation is 2. The Morgan fingerprint density at radius 2 is 1.74 bits per heavy atom. The van der Waals surface area contributed by atoms with Gasteiger partial charge in [0, 0.05) is 47.4 Å². The zero-order valence-electron chi connectivity index (χ0n) is 30.3. The maximum atomic E-state index is 12.9. The first-order valence-electron chi connectivity index (χ1n) is 17.1. The number of ether oxygens (including phenoxy) is 3. The van der Waals surface area contributed by atoms with Gasteiger partial charge < -0.3 is 24.2 Å². The Bertz CT molecular complexity index is 1870. The van der Waals surface area contributed by atoms with Crippen molar-refractivity contribution in [1.29, 1.82) is 0 Å². The highest BCUT2D eigenvalue weighted by molar-refractivity contribution is 6.30. The number of carbonyl (C=O) groups is 1. The summed E-state index contributed by atoms with van der Waals surface area (Å²) in [4.78, 5) is 20.0. The predicted octanol–water partition coefficient (Wildman–Crippen LogP) is 9.18. The molecule has 1 unspecified atom stereocenters. The molecule has 1 saturated heterocycles. The molecule has 0 bridgehead atoms. The van der Waals surface area contributed by atoms with Crippen molar-refractivity contribution in [3.8, 4) is 28.1 Å². The molecule has 9 nitrogen and oxygen atoms in total. The Balaban J connectivity index is 1.74. The SMILES string of the molecule is C=CCOC1(C)CCN(c2c(C(OC(C)(C)C)C(=O)O)c(C)nc3cc(-c4cc(C)cc(-c5ccc(Cl)cc5)c4O[C@@H](C)CC=C)nn23)CC1. The Labute approximate surface area is 300 Å². The van der Waals surface area contributed by atoms with E-state index in [9.17, 15) is 9.90 Å². The number of nitrogens with zero attached hydrogens (tertiary/aromatic N) is 4. The molecular weight excluding hydrogens is 652 g/mol. The third-order valence-corrected chi connectivity index (χ3v) is 9.17. The Kier molecular flexibility index (Phi) is 11.1. The lowest BCUT2D eigenvalue weighted by atomic mass is 9.92. The van der Waals surface area contributed by atoms with E-state index in [0.717, 1.165) is 35.1 Å². The van der Waals surface area contributed by atoms with Gasteiger partial charge >= 0.3 is 5.97 Å². The van der Waals surface area contributed by atoms with Crippen LogP contribution in [0.3, 0.4) is 0 Å². The number of anilines is 1. The standard InChI is InChI=1S/C40H49ClN4O5/c1-10-12-26(4)49-35-30(28-13-15-29(41)16-14-28)22-25(3)23-31(35)32-24-33-42-27(5)34(36(38(46)47)50-39(6,7)8)37(45(33)43-32)44-19-17-40(9,18-20-44)48-21-11-2/h10-11,13-16,22-24,26,36H,1-2,12,17-21H2,3-9H3,(H,46,47)/t26-,36?/m0/s1. The van der Waals surface area contributed by atoms with Gasteiger partial charge in [0.25, 0.3) is 0 Å². The highest BCUT2D eigenvalue weighted by Gasteiger charge is 2.38. The second-order valence-electron chi connectivity index (χ2n) is 14.4. The predicted molar refractivity (Wildman–Crippen MR) is 200 cm³/mol. The molecule has 3 heterocycles. The van der Waals surface area contributed by atoms with Gasteiger partial charge in [-0.05, 0) is 96.7 Å². The summed E-state index contributed by atoms with van der Waals surface area (Å²) in [7, 11) is 0. The molecule has 5 rings (SSSR count). The van der Waals surface area contributed by atoms with Gasteiger partial charge in [0.2, 0.25) is 0 Å². The van der Waals surface area contributed by atoms with Gasteiger partial charge in [0.05, 0.1) is 35.2 Å². The second kappa shape index (κ2) is 15.0. The summed E-state index contributed by atoms with van der Waals surface area (Å²) in [5, 5.41) is 16.4. The number of halogens is 1. The molecule has 2 aromatic carbocycles. The molecule has 0 aliphatic carbocycles. The van der Waals surface area contributed by atoms with Crippen LogP contribution in [0.2, 0.25) is 5.02 Å². The van der Waals surface area contributed by atoms with Crippen molar-refractivity contribution in [1.82, 2.24) is 14.6 Å². The number of hydrogen-bond acceptors (Lipinski definition) is 7. The summed E-state index contributed by atoms with van der Waals surface area (Å²) in [6.07, 6.45) is 4.30. The van der Waals surface area contributed by atoms with E-state index in [1.807, 2.05) is 78.0 Å². The summed E-state index contributed by atoms with van der Waals surface area (Å²) >= 11 is 6.26. The number of hydrogen-bond donors (Lipinski definition) is 1. The highest BCUT2D eigenvalue weighted by Crippen LogP contribution is 2.43. The van der Waals surface area contributed by atoms with E-state index < -0.39 is 17.7 Å². The molecule has 0 radical (unpaired) electrons. The molecule has 50 heavy (non-hydrogen) atoms. The van der Waals surface area contributed by atoms with E-state index in [1.54, 1.807) is 10.6 Å². The number of aliphatic carboxylic acids is 1. The van der Waals surface area contributed by atoms with Crippen LogP contribution < -0.4 is 9.64 Å². The van der Waals surface area contributed by atoms with Crippen molar-refractivity contribution in [2.45, 2.75) is 91.1 Å². The van der Waals surface area contributed by atoms with Crippen LogP contribution in [0.5, 0.6) is 5.75 Å². The van der Waals surface area contributed by atoms with Crippen molar-refractivity contribution in [3.05, 3.63) is 89.6 Å². The van der Waals surface area contributed by atoms with E-state index in [1.165, 1.54) is 0 Å². The lowest BCUT2D eigenvalue weighted by molar-refractivity contribution is -0.160. The van der Waals surface area contributed by atoms with Gasteiger partial charge in [0.1, 0.15) is 11.6 Å². The average molecular weight is 701 g/mol. The average Bonchev–Trinajstić information content (AvgIpc) is 3.47. The second-order valence-corrected chi connectivity index (χ2v) is 14.8. The summed E-state index contributed by atoms with van der Waals surface area (Å²) in [5.74, 6) is 0.239. The van der Waals surface area contributed by atoms with E-state index in [-0.39, 0.29) is 11.7 Å². The van der Waals surface area contributed by atoms with Crippen LogP contribution in [0.15, 0.2) is 67.8 Å². The van der Waals surface area contributed by atoms with Gasteiger partial charge in [-0.15, -0.1) is 13.2 Å². The molecule has 0 amide bonds. The first-order valence-corrected chi connectivity index (χ1v) is 17.5. The number of carboxylic acids is 1. The first kappa shape index (κ1) is 37.1. The minimum atomic E-state index is -1.27. The molecule has 1 aliphatic rings. The van der Waals surface area contributed by atoms with Crippen LogP contribution in [0.1, 0.15) is 76.8 Å². The zero-order valence-corrected chi connectivity index (χ0v) is 31.0. The largest absolute Gasteiger partial charge is 0.489 e. The molecule has 0 saturated carbocycles. The molecule has 2 atom stereocenters. The molecule has 1 fully saturated rings. The van der Waals surface area contributed by atoms with Gasteiger partial charge in [-0.3, -0.25) is 0 Å². The smallest absolute Gasteiger partial charge is 0.337 e. The fraction of sp³-hybridized carbons (Fsp3) is 0.425. The van der Waals surface area contributed by atoms with E-state index in [0.29, 0.717) is 65.3 Å². The van der Waals surface area contributed by atoms with Gasteiger partial charge in [-0.2, -0.15) is 9.61 Å². The van der Waals surface area contributed by atoms with Crippen molar-refractivity contribution in [2.75, 3.05) is 24.6 Å². The number of piperidine rings is 1. The van der Waals surface area contributed by atoms with Crippen LogP contribution in [0.4, 0.5) is 5.82 Å². The third-order valence-electron chi connectivity index (χ3n) is 8.91. The minimum Gasteiger partial charge on any atom is -0.489 e. The fourth-order valence-electron chi connectivity index (χ4n) is 6.46. The minimum absolute atomic E-state index is 0.156. The van der Waals surface area contributed by atoms with Crippen LogP contribution in [0.25, 0.3) is 28.0 Å². The van der Waals surface area contributed by atoms with Crippen molar-refractivity contribution >= 4 is 29.0 Å². The molecule has 266 valence electrons. The number of rotatable bonds is 13. The van der Waals surface area contributed by atoms with Crippen LogP contribution >= 0.6 is 11.6 Å². The van der Waals surface area contributed by atoms with Crippen molar-refractivity contribution in [3.63, 3.8) is 0 Å². The van der Waals surface area contributed by atoms with Crippen LogP contribution in [-0.2, 0) is 14.3 Å². The van der Waals surface area contributed by atoms with E-state index in [4.69, 9.17) is 35.9 Å². The van der Waals surface area contributed by atoms with Gasteiger partial charge in [-0.25, -0.2) is 9.78 Å². The molecule has 4 aromatic rings. The quantitative estimate of drug-likeness (QED) is 0.138. The third kappa shape index (κ3) is 8.23. The fourth-order valence-corrected chi connectivity index (χ4v) is 6.58. The normalized spacial score (nSPS) is 15.9. The lowest BCUT2D eigenvalue weighted by Gasteiger charge is -2.41. The summed E-state index contributed by atoms with van der Waals surface area (Å²) in [6, 6.07) is 13.8. The van der Waals surface area contributed by atoms with E-state index in [2.05, 4.69) is 37.1 Å². The highest BCUT2D eigenvalue weighted by atomic mass is 35.5. The molecule has 1 aliphatic heterocycles. The number of benzene rings is 2. The molecule has 10 heteroatoms. The lowest BCUT2D eigenvalue weighted by Crippen LogP contribution is -2.45. The Morgan fingerprint density at radius 1 is 1.08 bits per heavy atom. The number of carboxylic acid groups (broad SMARTS) is 1. The number of fused-ring (bicyclic) bond motifs is 1. The number of aromatic nitrogens is 3. The van der Waals surface area contributed by atoms with Crippen molar-refractivity contribution < 1.29 is 24.1 Å². The van der Waals surface area contributed by atoms with Crippen LogP contribution in [-0.4, -0.2) is 62.7 Å². The first-order chi connectivity index (χ1) is 23.6. The Morgan fingerprint density at radius 3 is 2.34 bits per heavy atom. The Hall–Kier alpha value is -4.18. The monoisotopic (exact) mass is 700 g/mol. The van der Waals surface area contributed by atoms with Crippen molar-refractivity contribution in [2.24, 2.45) is 0 Å². The molecular formula is C40H49ClN4O5. The van der Waals surface area contributed by atoms with Crippen LogP contribution in [0, 0.1) is 13.8 Å². The molecule has 2 aromatic heterocycles. The molecule has 0 spiro atoms. The molecule has 1 N–H and O–H groups in total. The summed E-state index contributed by atoms with van der Waals surface area (Å²) < 4.78 is 20.8. The maximum absolute atomic E-state index is 12.9. The van der Waals surface area contributed by atoms with E-state index >= 15 is 0 Å².